The van der Waals surface area contributed by atoms with E-state index in [1.165, 1.54) is 76.0 Å². The summed E-state index contributed by atoms with van der Waals surface area (Å²) in [6.45, 7) is 4.73. The molecular formula is C51H35BN2OS. The van der Waals surface area contributed by atoms with Crippen molar-refractivity contribution >= 4 is 100 Å². The van der Waals surface area contributed by atoms with Crippen molar-refractivity contribution in [1.82, 2.24) is 0 Å². The molecule has 0 fully saturated rings. The summed E-state index contributed by atoms with van der Waals surface area (Å²) in [6, 6.07) is 59.8. The third kappa shape index (κ3) is 4.46. The first kappa shape index (κ1) is 31.8. The van der Waals surface area contributed by atoms with Gasteiger partial charge in [-0.2, -0.15) is 0 Å². The number of fused-ring (bicyclic) bond motifs is 10. The van der Waals surface area contributed by atoms with E-state index in [1.54, 1.807) is 0 Å². The van der Waals surface area contributed by atoms with Gasteiger partial charge in [-0.3, -0.25) is 0 Å². The number of nitrogens with one attached hydrogen (secondary N) is 1. The molecule has 0 amide bonds. The van der Waals surface area contributed by atoms with Crippen LogP contribution in [0.3, 0.4) is 0 Å². The summed E-state index contributed by atoms with van der Waals surface area (Å²) >= 11 is 1.85. The Morgan fingerprint density at radius 2 is 1.34 bits per heavy atom. The Bertz CT molecular complexity index is 3250. The number of hydrogen-bond donors (Lipinski definition) is 1. The van der Waals surface area contributed by atoms with Gasteiger partial charge in [-0.15, -0.1) is 11.3 Å². The van der Waals surface area contributed by atoms with Crippen LogP contribution in [0.4, 0.5) is 28.4 Å². The molecule has 5 heteroatoms. The van der Waals surface area contributed by atoms with Gasteiger partial charge in [0.25, 0.3) is 0 Å². The summed E-state index contributed by atoms with van der Waals surface area (Å²) in [5.41, 5.74) is 17.6. The average molecular weight is 735 g/mol. The summed E-state index contributed by atoms with van der Waals surface area (Å²) in [5, 5.41) is 8.90. The van der Waals surface area contributed by atoms with Gasteiger partial charge in [0.1, 0.15) is 11.2 Å². The largest absolute Gasteiger partial charge is 0.456 e. The molecule has 0 atom stereocenters. The Morgan fingerprint density at radius 3 is 2.25 bits per heavy atom. The van der Waals surface area contributed by atoms with Crippen molar-refractivity contribution < 1.29 is 4.42 Å². The van der Waals surface area contributed by atoms with Gasteiger partial charge in [0.05, 0.1) is 16.1 Å². The molecule has 4 heterocycles. The molecule has 12 rings (SSSR count). The Kier molecular flexibility index (Phi) is 6.65. The molecule has 2 aliphatic heterocycles. The highest BCUT2D eigenvalue weighted by Crippen LogP contribution is 2.54. The molecule has 0 saturated carbocycles. The highest BCUT2D eigenvalue weighted by Gasteiger charge is 2.41. The third-order valence-electron chi connectivity index (χ3n) is 12.3. The summed E-state index contributed by atoms with van der Waals surface area (Å²) < 4.78 is 9.39. The monoisotopic (exact) mass is 734 g/mol. The summed E-state index contributed by atoms with van der Waals surface area (Å²) in [6.07, 6.45) is 0. The number of anilines is 5. The van der Waals surface area contributed by atoms with Crippen LogP contribution in [-0.4, -0.2) is 7.28 Å². The smallest absolute Gasteiger partial charge is 0.198 e. The van der Waals surface area contributed by atoms with Gasteiger partial charge in [-0.1, -0.05) is 147 Å². The van der Waals surface area contributed by atoms with Crippen LogP contribution < -0.4 is 21.1 Å². The number of nitrogens with zero attached hydrogens (tertiary/aromatic N) is 1. The normalized spacial score (nSPS) is 13.8. The predicted molar refractivity (Wildman–Crippen MR) is 240 cm³/mol. The molecule has 0 radical (unpaired) electrons. The van der Waals surface area contributed by atoms with Crippen molar-refractivity contribution in [2.45, 2.75) is 19.3 Å². The SMILES string of the molecule is CC1(C)c2ccccc2N2c3cc4oc5ccccc5c4c(-c4ccc(-c5ccccc5)cc4Nc4cccc5c4sc4ccccc45)c3Bc3cccc1c32. The van der Waals surface area contributed by atoms with Gasteiger partial charge in [0.2, 0.25) is 0 Å². The number of benzene rings is 8. The lowest BCUT2D eigenvalue weighted by molar-refractivity contribution is 0.632. The number of hydrogen-bond acceptors (Lipinski definition) is 4. The van der Waals surface area contributed by atoms with E-state index in [0.717, 1.165) is 46.2 Å². The molecule has 0 spiro atoms. The van der Waals surface area contributed by atoms with Gasteiger partial charge in [-0.25, -0.2) is 0 Å². The zero-order valence-electron chi connectivity index (χ0n) is 31.1. The lowest BCUT2D eigenvalue weighted by Crippen LogP contribution is -2.45. The van der Waals surface area contributed by atoms with Crippen LogP contribution in [0.1, 0.15) is 25.0 Å². The van der Waals surface area contributed by atoms with Crippen molar-refractivity contribution in [2.75, 3.05) is 10.2 Å². The highest BCUT2D eigenvalue weighted by molar-refractivity contribution is 7.26. The van der Waals surface area contributed by atoms with Crippen LogP contribution in [-0.2, 0) is 5.41 Å². The molecule has 2 aromatic heterocycles. The van der Waals surface area contributed by atoms with E-state index >= 15 is 0 Å². The Hall–Kier alpha value is -6.56. The fourth-order valence-corrected chi connectivity index (χ4v) is 10.8. The first-order valence-corrected chi connectivity index (χ1v) is 20.2. The van der Waals surface area contributed by atoms with Gasteiger partial charge in [-0.05, 0) is 63.6 Å². The van der Waals surface area contributed by atoms with E-state index in [-0.39, 0.29) is 5.41 Å². The van der Waals surface area contributed by atoms with E-state index in [9.17, 15) is 0 Å². The minimum absolute atomic E-state index is 0.139. The zero-order valence-corrected chi connectivity index (χ0v) is 31.9. The summed E-state index contributed by atoms with van der Waals surface area (Å²) in [4.78, 5) is 2.53. The maximum absolute atomic E-state index is 6.84. The van der Waals surface area contributed by atoms with E-state index in [0.29, 0.717) is 0 Å². The number of furan rings is 1. The quantitative estimate of drug-likeness (QED) is 0.183. The molecule has 0 aliphatic carbocycles. The van der Waals surface area contributed by atoms with Crippen molar-refractivity contribution in [1.29, 1.82) is 0 Å². The maximum Gasteiger partial charge on any atom is 0.198 e. The van der Waals surface area contributed by atoms with Gasteiger partial charge in [0.15, 0.2) is 7.28 Å². The number of thiophene rings is 1. The molecule has 56 heavy (non-hydrogen) atoms. The Balaban J connectivity index is 1.17. The first-order chi connectivity index (χ1) is 27.5. The minimum Gasteiger partial charge on any atom is -0.456 e. The van der Waals surface area contributed by atoms with Crippen molar-refractivity contribution in [3.63, 3.8) is 0 Å². The van der Waals surface area contributed by atoms with Crippen LogP contribution in [0.25, 0.3) is 64.4 Å². The van der Waals surface area contributed by atoms with Crippen LogP contribution >= 0.6 is 11.3 Å². The predicted octanol–water partition coefficient (Wildman–Crippen LogP) is 12.8. The van der Waals surface area contributed by atoms with Crippen molar-refractivity contribution in [2.24, 2.45) is 0 Å². The second kappa shape index (κ2) is 11.7. The van der Waals surface area contributed by atoms with E-state index in [2.05, 4.69) is 188 Å². The number of rotatable bonds is 4. The van der Waals surface area contributed by atoms with Crippen LogP contribution in [0.5, 0.6) is 0 Å². The van der Waals surface area contributed by atoms with Crippen molar-refractivity contribution in [3.8, 4) is 22.3 Å². The second-order valence-corrected chi connectivity index (χ2v) is 16.8. The van der Waals surface area contributed by atoms with E-state index in [4.69, 9.17) is 4.42 Å². The van der Waals surface area contributed by atoms with Crippen LogP contribution in [0.2, 0.25) is 0 Å². The third-order valence-corrected chi connectivity index (χ3v) is 13.5. The average Bonchev–Trinajstić information content (AvgIpc) is 3.81. The fraction of sp³-hybridized carbons (Fsp3) is 0.0588. The maximum atomic E-state index is 6.84. The lowest BCUT2D eigenvalue weighted by Gasteiger charge is -2.46. The number of para-hydroxylation sites is 3. The first-order valence-electron chi connectivity index (χ1n) is 19.4. The Labute approximate surface area is 329 Å². The molecule has 3 nitrogen and oxygen atoms in total. The molecule has 0 unspecified atom stereocenters. The van der Waals surface area contributed by atoms with Crippen LogP contribution in [0, 0.1) is 0 Å². The van der Waals surface area contributed by atoms with Crippen molar-refractivity contribution in [3.05, 3.63) is 175 Å². The second-order valence-electron chi connectivity index (χ2n) is 15.7. The van der Waals surface area contributed by atoms with Gasteiger partial charge >= 0.3 is 0 Å². The Morgan fingerprint density at radius 1 is 0.589 bits per heavy atom. The molecule has 1 N–H and O–H groups in total. The molecule has 10 aromatic rings. The van der Waals surface area contributed by atoms with Gasteiger partial charge in [0, 0.05) is 60.4 Å². The molecule has 0 bridgehead atoms. The molecule has 8 aromatic carbocycles. The lowest BCUT2D eigenvalue weighted by atomic mass is 9.55. The summed E-state index contributed by atoms with van der Waals surface area (Å²) in [7, 11) is 0.809. The summed E-state index contributed by atoms with van der Waals surface area (Å²) in [5.74, 6) is 0. The standard InChI is InChI=1S/C51H35BN2OS/c1-51(2)36-19-8-9-23-41(36)54-42-29-44-46(35-17-6-10-24-43(35)55-44)47(48(42)52-38-21-13-20-37(51)49(38)54)34-27-26-31(30-14-4-3-5-15-30)28-40(34)53-39-22-12-18-33-32-16-7-11-25-45(32)56-50(33)39/h3-29,52-53H,1-2H3. The fourth-order valence-electron chi connectivity index (χ4n) is 9.66. The molecule has 264 valence electrons. The van der Waals surface area contributed by atoms with Crippen LogP contribution in [0.15, 0.2) is 168 Å². The zero-order chi connectivity index (χ0) is 37.1. The van der Waals surface area contributed by atoms with Gasteiger partial charge < -0.3 is 14.6 Å². The van der Waals surface area contributed by atoms with E-state index in [1.807, 2.05) is 11.3 Å². The highest BCUT2D eigenvalue weighted by atomic mass is 32.1. The molecular weight excluding hydrogens is 699 g/mol. The van der Waals surface area contributed by atoms with E-state index < -0.39 is 0 Å². The minimum atomic E-state index is -0.139. The molecule has 2 aliphatic rings. The molecule has 0 saturated heterocycles. The topological polar surface area (TPSA) is 28.4 Å².